The Hall–Kier alpha value is -1.24. The summed E-state index contributed by atoms with van der Waals surface area (Å²) in [6.45, 7) is 30.4. The predicted octanol–water partition coefficient (Wildman–Crippen LogP) is 10.3. The molecule has 35 heavy (non-hydrogen) atoms. The van der Waals surface area contributed by atoms with Crippen LogP contribution in [0, 0.1) is 0 Å². The van der Waals surface area contributed by atoms with Crippen molar-refractivity contribution in [1.29, 1.82) is 0 Å². The highest BCUT2D eigenvalue weighted by atomic mass is 35.7. The van der Waals surface area contributed by atoms with Gasteiger partial charge in [-0.3, -0.25) is 0 Å². The lowest BCUT2D eigenvalue weighted by molar-refractivity contribution is 0.439. The van der Waals surface area contributed by atoms with Gasteiger partial charge in [0.05, 0.1) is 0 Å². The van der Waals surface area contributed by atoms with E-state index in [1.54, 1.807) is 0 Å². The third-order valence-electron chi connectivity index (χ3n) is 6.22. The minimum absolute atomic E-state index is 0.0115. The van der Waals surface area contributed by atoms with Crippen molar-refractivity contribution >= 4 is 19.4 Å². The zero-order valence-electron chi connectivity index (χ0n) is 24.7. The zero-order chi connectivity index (χ0) is 27.6. The number of hydrogen-bond acceptors (Lipinski definition) is 2. The molecule has 0 fully saturated rings. The van der Waals surface area contributed by atoms with Gasteiger partial charge in [0.1, 0.15) is 11.5 Å². The van der Waals surface area contributed by atoms with E-state index in [9.17, 15) is 5.11 Å². The van der Waals surface area contributed by atoms with Crippen LogP contribution in [0.15, 0.2) is 24.3 Å². The Kier molecular flexibility index (Phi) is 10.4. The van der Waals surface area contributed by atoms with Gasteiger partial charge in [-0.25, -0.2) is 0 Å². The lowest BCUT2D eigenvalue weighted by Gasteiger charge is -2.30. The molecule has 2 nitrogen and oxygen atoms in total. The topological polar surface area (TPSA) is 29.5 Å². The minimum atomic E-state index is -0.166. The maximum absolute atomic E-state index is 11.4. The molecule has 0 aliphatic carbocycles. The fourth-order valence-electron chi connectivity index (χ4n) is 4.01. The summed E-state index contributed by atoms with van der Waals surface area (Å²) >= 11 is 6.12. The molecule has 0 saturated carbocycles. The summed E-state index contributed by atoms with van der Waals surface area (Å²) in [6, 6.07) is 8.84. The largest absolute Gasteiger partial charge is 0.507 e. The van der Waals surface area contributed by atoms with E-state index in [0.29, 0.717) is 12.2 Å². The Morgan fingerprint density at radius 1 is 0.657 bits per heavy atom. The van der Waals surface area contributed by atoms with Crippen LogP contribution in [0.1, 0.15) is 130 Å². The maximum Gasteiger partial charge on any atom is 0.168 e. The van der Waals surface area contributed by atoms with Crippen LogP contribution in [0.3, 0.4) is 0 Å². The van der Waals surface area contributed by atoms with Crippen LogP contribution < -0.4 is 4.52 Å². The molecule has 2 aromatic rings. The third kappa shape index (κ3) is 8.13. The molecule has 0 bridgehead atoms. The number of benzene rings is 2. The molecule has 0 saturated heterocycles. The van der Waals surface area contributed by atoms with Gasteiger partial charge >= 0.3 is 0 Å². The van der Waals surface area contributed by atoms with Crippen LogP contribution in [0.25, 0.3) is 0 Å². The molecule has 0 heterocycles. The SMILES string of the molecule is CC.CC(C)(C)c1cc(Cc2cc(C(C)(C)C)cc(C(C)(C)C)c2OPCl)c(O)c(C(C)(C)C)c1. The van der Waals surface area contributed by atoms with Gasteiger partial charge in [0, 0.05) is 12.0 Å². The number of rotatable bonds is 4. The number of halogens is 1. The first-order valence-corrected chi connectivity index (χ1v) is 14.8. The lowest BCUT2D eigenvalue weighted by atomic mass is 9.76. The van der Waals surface area contributed by atoms with E-state index >= 15 is 0 Å². The van der Waals surface area contributed by atoms with Crippen molar-refractivity contribution in [2.24, 2.45) is 0 Å². The average molecular weight is 521 g/mol. The average Bonchev–Trinajstić information content (AvgIpc) is 2.68. The molecule has 0 aliphatic heterocycles. The summed E-state index contributed by atoms with van der Waals surface area (Å²) in [5.74, 6) is 1.23. The van der Waals surface area contributed by atoms with Crippen LogP contribution in [0.4, 0.5) is 0 Å². The first kappa shape index (κ1) is 31.8. The maximum atomic E-state index is 11.4. The van der Waals surface area contributed by atoms with E-state index in [1.807, 2.05) is 13.8 Å². The lowest BCUT2D eigenvalue weighted by Crippen LogP contribution is -2.19. The third-order valence-corrected chi connectivity index (χ3v) is 6.74. The standard InChI is InChI=1S/C29H44ClO2P.C2H6/c1-26(2,3)20-14-18(24(31)22(16-20)28(7,8)9)13-19-15-21(27(4,5)6)17-23(29(10,11)12)25(19)32-33-30;1-2/h14-17,31,33H,13H2,1-12H3;1-2H3. The molecule has 0 spiro atoms. The highest BCUT2D eigenvalue weighted by molar-refractivity contribution is 7.64. The molecule has 0 radical (unpaired) electrons. The first-order chi connectivity index (χ1) is 15.8. The number of aromatic hydroxyl groups is 1. The fraction of sp³-hybridized carbons (Fsp3) is 0.613. The summed E-state index contributed by atoms with van der Waals surface area (Å²) < 4.78 is 6.08. The molecule has 198 valence electrons. The van der Waals surface area contributed by atoms with Gasteiger partial charge in [0.2, 0.25) is 0 Å². The van der Waals surface area contributed by atoms with E-state index in [2.05, 4.69) is 107 Å². The van der Waals surface area contributed by atoms with Crippen molar-refractivity contribution < 1.29 is 9.63 Å². The highest BCUT2D eigenvalue weighted by Crippen LogP contribution is 2.44. The minimum Gasteiger partial charge on any atom is -0.507 e. The predicted molar refractivity (Wildman–Crippen MR) is 158 cm³/mol. The van der Waals surface area contributed by atoms with E-state index < -0.39 is 0 Å². The molecular formula is C31H50ClO2P. The van der Waals surface area contributed by atoms with Crippen molar-refractivity contribution in [1.82, 2.24) is 0 Å². The van der Waals surface area contributed by atoms with Crippen LogP contribution >= 0.6 is 19.4 Å². The van der Waals surface area contributed by atoms with Crippen LogP contribution in [-0.4, -0.2) is 5.11 Å². The van der Waals surface area contributed by atoms with Gasteiger partial charge in [0.25, 0.3) is 0 Å². The first-order valence-electron chi connectivity index (χ1n) is 12.8. The van der Waals surface area contributed by atoms with Crippen molar-refractivity contribution in [2.75, 3.05) is 0 Å². The van der Waals surface area contributed by atoms with E-state index in [4.69, 9.17) is 15.8 Å². The van der Waals surface area contributed by atoms with Gasteiger partial charge in [-0.15, -0.1) is 0 Å². The van der Waals surface area contributed by atoms with Gasteiger partial charge < -0.3 is 9.63 Å². The summed E-state index contributed by atoms with van der Waals surface area (Å²) in [4.78, 5) is 0. The van der Waals surface area contributed by atoms with Crippen molar-refractivity contribution in [3.63, 3.8) is 0 Å². The van der Waals surface area contributed by atoms with Crippen LogP contribution in [-0.2, 0) is 28.1 Å². The van der Waals surface area contributed by atoms with Crippen molar-refractivity contribution in [3.8, 4) is 11.5 Å². The van der Waals surface area contributed by atoms with E-state index in [0.717, 1.165) is 28.0 Å². The Morgan fingerprint density at radius 3 is 1.43 bits per heavy atom. The molecule has 0 aromatic heterocycles. The number of hydrogen-bond donors (Lipinski definition) is 1. The summed E-state index contributed by atoms with van der Waals surface area (Å²) in [6.07, 6.45) is 0.586. The van der Waals surface area contributed by atoms with Crippen molar-refractivity contribution in [3.05, 3.63) is 57.6 Å². The van der Waals surface area contributed by atoms with E-state index in [-0.39, 0.29) is 29.8 Å². The molecule has 1 unspecified atom stereocenters. The molecule has 0 aliphatic rings. The molecule has 1 atom stereocenters. The Labute approximate surface area is 222 Å². The Bertz CT molecular complexity index is 997. The fourth-order valence-corrected chi connectivity index (χ4v) is 4.56. The summed E-state index contributed by atoms with van der Waals surface area (Å²) in [5.41, 5.74) is 6.32. The number of phenols is 1. The zero-order valence-corrected chi connectivity index (χ0v) is 26.5. The Balaban J connectivity index is 0.00000298. The van der Waals surface area contributed by atoms with Gasteiger partial charge in [0.15, 0.2) is 8.16 Å². The van der Waals surface area contributed by atoms with Crippen LogP contribution in [0.5, 0.6) is 11.5 Å². The Morgan fingerprint density at radius 2 is 1.06 bits per heavy atom. The quantitative estimate of drug-likeness (QED) is 0.406. The van der Waals surface area contributed by atoms with Crippen molar-refractivity contribution in [2.45, 2.75) is 125 Å². The normalized spacial score (nSPS) is 13.1. The second-order valence-corrected chi connectivity index (χ2v) is 14.2. The second kappa shape index (κ2) is 11.4. The van der Waals surface area contributed by atoms with E-state index in [1.165, 1.54) is 11.1 Å². The molecule has 4 heteroatoms. The molecule has 2 aromatic carbocycles. The van der Waals surface area contributed by atoms with Gasteiger partial charge in [-0.2, -0.15) is 0 Å². The van der Waals surface area contributed by atoms with Crippen LogP contribution in [0.2, 0.25) is 0 Å². The molecule has 2 rings (SSSR count). The molecule has 1 N–H and O–H groups in total. The van der Waals surface area contributed by atoms with Gasteiger partial charge in [-0.05, 0) is 49.5 Å². The second-order valence-electron chi connectivity index (χ2n) is 13.4. The highest BCUT2D eigenvalue weighted by Gasteiger charge is 2.29. The smallest absolute Gasteiger partial charge is 0.168 e. The number of phenolic OH excluding ortho intramolecular Hbond substituents is 1. The van der Waals surface area contributed by atoms with Gasteiger partial charge in [-0.1, -0.05) is 132 Å². The summed E-state index contributed by atoms with van der Waals surface area (Å²) in [7, 11) is -0.165. The molecule has 0 amide bonds. The monoisotopic (exact) mass is 520 g/mol. The summed E-state index contributed by atoms with van der Waals surface area (Å²) in [5, 5.41) is 11.4. The molecular weight excluding hydrogens is 471 g/mol.